The molecule has 0 aliphatic heterocycles. The Morgan fingerprint density at radius 3 is 2.40 bits per heavy atom. The van der Waals surface area contributed by atoms with Gasteiger partial charge < -0.3 is 10.1 Å². The number of hydrogen-bond donors (Lipinski definition) is 2. The number of benzene rings is 2. The number of amides is 2. The lowest BCUT2D eigenvalue weighted by atomic mass is 10.1. The molecule has 0 fully saturated rings. The predicted molar refractivity (Wildman–Crippen MR) is 122 cm³/mol. The van der Waals surface area contributed by atoms with E-state index in [1.165, 1.54) is 24.3 Å². The fourth-order valence-electron chi connectivity index (χ4n) is 3.03. The number of anilines is 2. The summed E-state index contributed by atoms with van der Waals surface area (Å²) in [5.41, 5.74) is 0.163. The molecule has 2 aromatic heterocycles. The molecule has 176 valence electrons. The van der Waals surface area contributed by atoms with Crippen LogP contribution in [0.2, 0.25) is 0 Å². The maximum Gasteiger partial charge on any atom is 0.433 e. The molecule has 0 saturated heterocycles. The van der Waals surface area contributed by atoms with E-state index >= 15 is 0 Å². The standard InChI is InChI=1S/C24H16F3N5O3/c1-2-21(33)30-15-5-8-18-17(13-15)19(9-11-28-18)35-16-6-3-14(4-7-16)22(34)32-23-29-12-10-20(31-23)24(25,26)27/h2-13H,1H2,(H,30,33)(H,29,31,32,34). The molecule has 8 nitrogen and oxygen atoms in total. The maximum atomic E-state index is 12.8. The second-order valence-electron chi connectivity index (χ2n) is 7.08. The number of alkyl halides is 3. The van der Waals surface area contributed by atoms with Gasteiger partial charge in [-0.3, -0.25) is 19.9 Å². The zero-order valence-corrected chi connectivity index (χ0v) is 17.8. The highest BCUT2D eigenvalue weighted by Crippen LogP contribution is 2.31. The number of rotatable bonds is 6. The lowest BCUT2D eigenvalue weighted by Crippen LogP contribution is -2.16. The Bertz CT molecular complexity index is 1420. The fraction of sp³-hybridized carbons (Fsp3) is 0.0417. The van der Waals surface area contributed by atoms with Crippen molar-refractivity contribution in [3.63, 3.8) is 0 Å². The van der Waals surface area contributed by atoms with Crippen LogP contribution in [0.5, 0.6) is 11.5 Å². The molecule has 0 aliphatic rings. The monoisotopic (exact) mass is 479 g/mol. The minimum absolute atomic E-state index is 0.160. The van der Waals surface area contributed by atoms with Crippen molar-refractivity contribution in [1.82, 2.24) is 15.0 Å². The van der Waals surface area contributed by atoms with Gasteiger partial charge in [-0.2, -0.15) is 13.2 Å². The van der Waals surface area contributed by atoms with Crippen LogP contribution in [-0.2, 0) is 11.0 Å². The first-order valence-corrected chi connectivity index (χ1v) is 10.0. The summed E-state index contributed by atoms with van der Waals surface area (Å²) in [6, 6.07) is 13.4. The Morgan fingerprint density at radius 1 is 0.943 bits per heavy atom. The van der Waals surface area contributed by atoms with Gasteiger partial charge in [-0.05, 0) is 60.7 Å². The molecule has 11 heteroatoms. The number of pyridine rings is 1. The van der Waals surface area contributed by atoms with Crippen molar-refractivity contribution in [2.75, 3.05) is 10.6 Å². The summed E-state index contributed by atoms with van der Waals surface area (Å²) >= 11 is 0. The van der Waals surface area contributed by atoms with Crippen molar-refractivity contribution in [1.29, 1.82) is 0 Å². The molecular formula is C24H16F3N5O3. The summed E-state index contributed by atoms with van der Waals surface area (Å²) in [5.74, 6) is -0.662. The van der Waals surface area contributed by atoms with Crippen LogP contribution in [0.4, 0.5) is 24.8 Å². The van der Waals surface area contributed by atoms with Crippen LogP contribution in [0.3, 0.4) is 0 Å². The highest BCUT2D eigenvalue weighted by molar-refractivity contribution is 6.03. The lowest BCUT2D eigenvalue weighted by Gasteiger charge is -2.11. The topological polar surface area (TPSA) is 106 Å². The van der Waals surface area contributed by atoms with Gasteiger partial charge >= 0.3 is 6.18 Å². The van der Waals surface area contributed by atoms with Crippen LogP contribution < -0.4 is 15.4 Å². The van der Waals surface area contributed by atoms with E-state index in [-0.39, 0.29) is 11.5 Å². The molecular weight excluding hydrogens is 463 g/mol. The molecule has 2 heterocycles. The van der Waals surface area contributed by atoms with Gasteiger partial charge in [0.2, 0.25) is 11.9 Å². The third-order valence-corrected chi connectivity index (χ3v) is 4.67. The Labute approximate surface area is 196 Å². The van der Waals surface area contributed by atoms with Crippen molar-refractivity contribution >= 4 is 34.4 Å². The summed E-state index contributed by atoms with van der Waals surface area (Å²) < 4.78 is 44.3. The third kappa shape index (κ3) is 5.58. The van der Waals surface area contributed by atoms with Crippen LogP contribution in [-0.4, -0.2) is 26.8 Å². The van der Waals surface area contributed by atoms with Gasteiger partial charge in [-0.25, -0.2) is 9.97 Å². The van der Waals surface area contributed by atoms with Crippen molar-refractivity contribution in [2.45, 2.75) is 6.18 Å². The molecule has 0 unspecified atom stereocenters. The van der Waals surface area contributed by atoms with E-state index in [4.69, 9.17) is 4.74 Å². The van der Waals surface area contributed by atoms with Crippen LogP contribution in [0.15, 0.2) is 79.6 Å². The van der Waals surface area contributed by atoms with Gasteiger partial charge in [-0.1, -0.05) is 6.58 Å². The van der Waals surface area contributed by atoms with E-state index in [2.05, 4.69) is 32.2 Å². The van der Waals surface area contributed by atoms with Gasteiger partial charge in [0, 0.05) is 29.0 Å². The van der Waals surface area contributed by atoms with Crippen LogP contribution in [0.25, 0.3) is 10.9 Å². The molecule has 35 heavy (non-hydrogen) atoms. The molecule has 0 bridgehead atoms. The lowest BCUT2D eigenvalue weighted by molar-refractivity contribution is -0.141. The Morgan fingerprint density at radius 2 is 1.69 bits per heavy atom. The van der Waals surface area contributed by atoms with Crippen LogP contribution in [0.1, 0.15) is 16.1 Å². The first-order chi connectivity index (χ1) is 16.7. The third-order valence-electron chi connectivity index (χ3n) is 4.67. The first-order valence-electron chi connectivity index (χ1n) is 10.0. The Hall–Kier alpha value is -4.80. The number of carbonyl (C=O) groups is 2. The van der Waals surface area contributed by atoms with E-state index in [9.17, 15) is 22.8 Å². The van der Waals surface area contributed by atoms with Gasteiger partial charge in [-0.15, -0.1) is 0 Å². The second kappa shape index (κ2) is 9.59. The smallest absolute Gasteiger partial charge is 0.433 e. The molecule has 2 aromatic carbocycles. The molecule has 0 atom stereocenters. The number of aromatic nitrogens is 3. The van der Waals surface area contributed by atoms with Crippen molar-refractivity contribution in [2.24, 2.45) is 0 Å². The highest BCUT2D eigenvalue weighted by atomic mass is 19.4. The van der Waals surface area contributed by atoms with Gasteiger partial charge in [0.05, 0.1) is 5.52 Å². The average molecular weight is 479 g/mol. The van der Waals surface area contributed by atoms with E-state index in [1.54, 1.807) is 30.5 Å². The molecule has 0 saturated carbocycles. The number of nitrogens with zero attached hydrogens (tertiary/aromatic N) is 3. The summed E-state index contributed by atoms with van der Waals surface area (Å²) in [7, 11) is 0. The number of fused-ring (bicyclic) bond motifs is 1. The van der Waals surface area contributed by atoms with Gasteiger partial charge in [0.1, 0.15) is 17.2 Å². The number of hydrogen-bond acceptors (Lipinski definition) is 6. The highest BCUT2D eigenvalue weighted by Gasteiger charge is 2.32. The van der Waals surface area contributed by atoms with E-state index in [0.29, 0.717) is 34.2 Å². The number of carbonyl (C=O) groups excluding carboxylic acids is 2. The van der Waals surface area contributed by atoms with Crippen molar-refractivity contribution in [3.8, 4) is 11.5 Å². The SMILES string of the molecule is C=CC(=O)Nc1ccc2nccc(Oc3ccc(C(=O)Nc4nccc(C(F)(F)F)n4)cc3)c2c1. The number of nitrogens with one attached hydrogen (secondary N) is 2. The number of ether oxygens (including phenoxy) is 1. The van der Waals surface area contributed by atoms with Crippen LogP contribution >= 0.6 is 0 Å². The van der Waals surface area contributed by atoms with Crippen molar-refractivity contribution in [3.05, 3.63) is 90.9 Å². The summed E-state index contributed by atoms with van der Waals surface area (Å²) in [6.07, 6.45) is -1.02. The van der Waals surface area contributed by atoms with E-state index in [1.807, 2.05) is 0 Å². The Kier molecular flexibility index (Phi) is 6.40. The Balaban J connectivity index is 1.50. The summed E-state index contributed by atoms with van der Waals surface area (Å²) in [6.45, 7) is 3.42. The second-order valence-corrected chi connectivity index (χ2v) is 7.08. The zero-order chi connectivity index (χ0) is 25.0. The molecule has 4 rings (SSSR count). The van der Waals surface area contributed by atoms with Crippen molar-refractivity contribution < 1.29 is 27.5 Å². The number of halogens is 3. The molecule has 0 aliphatic carbocycles. The molecule has 0 radical (unpaired) electrons. The molecule has 2 N–H and O–H groups in total. The molecule has 2 amide bonds. The first kappa shape index (κ1) is 23.4. The van der Waals surface area contributed by atoms with Gasteiger partial charge in [0.25, 0.3) is 5.91 Å². The summed E-state index contributed by atoms with van der Waals surface area (Å²) in [5, 5.41) is 5.54. The normalized spacial score (nSPS) is 11.1. The van der Waals surface area contributed by atoms with Gasteiger partial charge in [0.15, 0.2) is 0 Å². The van der Waals surface area contributed by atoms with E-state index in [0.717, 1.165) is 12.3 Å². The van der Waals surface area contributed by atoms with E-state index < -0.39 is 23.7 Å². The minimum atomic E-state index is -4.66. The zero-order valence-electron chi connectivity index (χ0n) is 17.8. The van der Waals surface area contributed by atoms with Crippen LogP contribution in [0, 0.1) is 0 Å². The predicted octanol–water partition coefficient (Wildman–Crippen LogP) is 5.21. The summed E-state index contributed by atoms with van der Waals surface area (Å²) in [4.78, 5) is 35.2. The minimum Gasteiger partial charge on any atom is -0.457 e. The maximum absolute atomic E-state index is 12.8. The molecule has 4 aromatic rings. The molecule has 0 spiro atoms. The fourth-order valence-corrected chi connectivity index (χ4v) is 3.03. The largest absolute Gasteiger partial charge is 0.457 e. The quantitative estimate of drug-likeness (QED) is 0.368. The average Bonchev–Trinajstić information content (AvgIpc) is 2.84.